The fourth-order valence-electron chi connectivity index (χ4n) is 1.67. The maximum Gasteiger partial charge on any atom is 0.269 e. The Bertz CT molecular complexity index is 741. The van der Waals surface area contributed by atoms with Crippen LogP contribution in [0.4, 0.5) is 5.69 Å². The first-order valence-corrected chi connectivity index (χ1v) is 9.17. The van der Waals surface area contributed by atoms with Gasteiger partial charge in [0.25, 0.3) is 15.0 Å². The average molecular weight is 346 g/mol. The zero-order valence-corrected chi connectivity index (χ0v) is 13.4. The highest BCUT2D eigenvalue weighted by atomic mass is 35.7. The second-order valence-corrected chi connectivity index (χ2v) is 7.54. The van der Waals surface area contributed by atoms with Gasteiger partial charge in [-0.15, -0.1) is 5.10 Å². The third-order valence-corrected chi connectivity index (χ3v) is 4.78. The first-order chi connectivity index (χ1) is 9.91. The summed E-state index contributed by atoms with van der Waals surface area (Å²) in [6.07, 6.45) is 1.55. The van der Waals surface area contributed by atoms with E-state index in [0.717, 1.165) is 18.0 Å². The number of carbonyl (C=O) groups is 1. The number of rotatable bonds is 5. The molecule has 0 saturated carbocycles. The van der Waals surface area contributed by atoms with Gasteiger partial charge in [-0.05, 0) is 42.2 Å². The first-order valence-electron chi connectivity index (χ1n) is 6.09. The zero-order chi connectivity index (χ0) is 15.5. The summed E-state index contributed by atoms with van der Waals surface area (Å²) in [4.78, 5) is 12.6. The Balaban J connectivity index is 2.14. The van der Waals surface area contributed by atoms with Gasteiger partial charge in [-0.25, -0.2) is 8.42 Å². The lowest BCUT2D eigenvalue weighted by atomic mass is 10.2. The Morgan fingerprint density at radius 2 is 2.00 bits per heavy atom. The SMILES string of the molecule is CCCc1nnsc1C(=O)Nc1ccc(S(=O)(=O)Cl)cc1. The summed E-state index contributed by atoms with van der Waals surface area (Å²) in [6, 6.07) is 5.61. The molecule has 21 heavy (non-hydrogen) atoms. The second-order valence-electron chi connectivity index (χ2n) is 4.22. The van der Waals surface area contributed by atoms with Crippen LogP contribution in [0.2, 0.25) is 0 Å². The summed E-state index contributed by atoms with van der Waals surface area (Å²) < 4.78 is 26.0. The van der Waals surface area contributed by atoms with Gasteiger partial charge in [0.05, 0.1) is 10.6 Å². The normalized spacial score (nSPS) is 11.3. The number of hydrogen-bond acceptors (Lipinski definition) is 6. The van der Waals surface area contributed by atoms with Crippen molar-refractivity contribution >= 4 is 42.9 Å². The van der Waals surface area contributed by atoms with E-state index in [9.17, 15) is 13.2 Å². The Hall–Kier alpha value is -1.51. The van der Waals surface area contributed by atoms with Crippen LogP contribution in [0.1, 0.15) is 28.7 Å². The fraction of sp³-hybridized carbons (Fsp3) is 0.250. The van der Waals surface area contributed by atoms with Gasteiger partial charge in [0.15, 0.2) is 0 Å². The number of carbonyl (C=O) groups excluding carboxylic acids is 1. The van der Waals surface area contributed by atoms with Crippen LogP contribution in [0.3, 0.4) is 0 Å². The Kier molecular flexibility index (Phi) is 4.92. The summed E-state index contributed by atoms with van der Waals surface area (Å²) in [5, 5.41) is 6.60. The van der Waals surface area contributed by atoms with Crippen molar-refractivity contribution in [3.8, 4) is 0 Å². The van der Waals surface area contributed by atoms with Gasteiger partial charge in [-0.3, -0.25) is 4.79 Å². The summed E-state index contributed by atoms with van der Waals surface area (Å²) in [5.41, 5.74) is 1.14. The van der Waals surface area contributed by atoms with E-state index in [4.69, 9.17) is 10.7 Å². The molecule has 1 aromatic heterocycles. The van der Waals surface area contributed by atoms with E-state index in [-0.39, 0.29) is 10.8 Å². The van der Waals surface area contributed by atoms with Crippen LogP contribution >= 0.6 is 22.2 Å². The summed E-state index contributed by atoms with van der Waals surface area (Å²) >= 11 is 1.03. The Labute approximate surface area is 130 Å². The van der Waals surface area contributed by atoms with E-state index in [2.05, 4.69) is 14.9 Å². The minimum atomic E-state index is -3.76. The van der Waals surface area contributed by atoms with Crippen LogP contribution in [0.15, 0.2) is 29.2 Å². The number of halogens is 1. The van der Waals surface area contributed by atoms with Crippen molar-refractivity contribution in [2.45, 2.75) is 24.7 Å². The van der Waals surface area contributed by atoms with Crippen molar-refractivity contribution in [2.75, 3.05) is 5.32 Å². The molecule has 112 valence electrons. The molecule has 9 heteroatoms. The lowest BCUT2D eigenvalue weighted by Gasteiger charge is -2.05. The lowest BCUT2D eigenvalue weighted by molar-refractivity contribution is 0.102. The van der Waals surface area contributed by atoms with Crippen molar-refractivity contribution in [2.24, 2.45) is 0 Å². The molecule has 2 rings (SSSR count). The van der Waals surface area contributed by atoms with Gasteiger partial charge in [-0.1, -0.05) is 17.8 Å². The molecule has 0 aliphatic carbocycles. The van der Waals surface area contributed by atoms with Crippen molar-refractivity contribution in [1.82, 2.24) is 9.59 Å². The van der Waals surface area contributed by atoms with Crippen molar-refractivity contribution in [3.05, 3.63) is 34.8 Å². The number of nitrogens with one attached hydrogen (secondary N) is 1. The van der Waals surface area contributed by atoms with E-state index in [1.807, 2.05) is 6.92 Å². The monoisotopic (exact) mass is 345 g/mol. The van der Waals surface area contributed by atoms with Gasteiger partial charge in [0, 0.05) is 16.4 Å². The van der Waals surface area contributed by atoms with Crippen LogP contribution in [-0.2, 0) is 15.5 Å². The molecule has 0 spiro atoms. The van der Waals surface area contributed by atoms with Crippen molar-refractivity contribution in [1.29, 1.82) is 0 Å². The highest BCUT2D eigenvalue weighted by molar-refractivity contribution is 8.13. The molecule has 1 amide bonds. The lowest BCUT2D eigenvalue weighted by Crippen LogP contribution is -2.12. The van der Waals surface area contributed by atoms with Crippen LogP contribution in [-0.4, -0.2) is 23.9 Å². The van der Waals surface area contributed by atoms with E-state index in [1.54, 1.807) is 0 Å². The standard InChI is InChI=1S/C12H12ClN3O3S2/c1-2-3-10-11(20-16-15-10)12(17)14-8-4-6-9(7-5-8)21(13,18)19/h4-7H,2-3H2,1H3,(H,14,17). The molecule has 0 aliphatic rings. The van der Waals surface area contributed by atoms with E-state index < -0.39 is 9.05 Å². The molecule has 1 aromatic carbocycles. The first kappa shape index (κ1) is 15.9. The van der Waals surface area contributed by atoms with Gasteiger partial charge in [-0.2, -0.15) is 0 Å². The minimum Gasteiger partial charge on any atom is -0.321 e. The molecule has 6 nitrogen and oxygen atoms in total. The fourth-order valence-corrected chi connectivity index (χ4v) is 3.04. The number of benzene rings is 1. The van der Waals surface area contributed by atoms with Crippen molar-refractivity contribution in [3.63, 3.8) is 0 Å². The number of amides is 1. The van der Waals surface area contributed by atoms with Crippen LogP contribution < -0.4 is 5.32 Å². The molecule has 0 aliphatic heterocycles. The zero-order valence-electron chi connectivity index (χ0n) is 11.0. The number of aromatic nitrogens is 2. The Morgan fingerprint density at radius 3 is 2.57 bits per heavy atom. The summed E-state index contributed by atoms with van der Waals surface area (Å²) in [6.45, 7) is 1.99. The molecule has 0 saturated heterocycles. The summed E-state index contributed by atoms with van der Waals surface area (Å²) in [5.74, 6) is -0.310. The number of hydrogen-bond donors (Lipinski definition) is 1. The number of anilines is 1. The molecule has 1 N–H and O–H groups in total. The molecule has 0 bridgehead atoms. The van der Waals surface area contributed by atoms with Crippen molar-refractivity contribution < 1.29 is 13.2 Å². The van der Waals surface area contributed by atoms with Gasteiger partial charge in [0.1, 0.15) is 4.88 Å². The minimum absolute atomic E-state index is 0.0201. The quantitative estimate of drug-likeness (QED) is 0.841. The molecular weight excluding hydrogens is 334 g/mol. The van der Waals surface area contributed by atoms with E-state index in [1.165, 1.54) is 24.3 Å². The maximum absolute atomic E-state index is 12.1. The predicted octanol–water partition coefficient (Wildman–Crippen LogP) is 2.67. The summed E-state index contributed by atoms with van der Waals surface area (Å²) in [7, 11) is 1.46. The van der Waals surface area contributed by atoms with Gasteiger partial charge < -0.3 is 5.32 Å². The van der Waals surface area contributed by atoms with Gasteiger partial charge in [0.2, 0.25) is 0 Å². The predicted molar refractivity (Wildman–Crippen MR) is 81.3 cm³/mol. The third-order valence-electron chi connectivity index (χ3n) is 2.64. The highest BCUT2D eigenvalue weighted by Gasteiger charge is 2.16. The molecule has 0 unspecified atom stereocenters. The largest absolute Gasteiger partial charge is 0.321 e. The highest BCUT2D eigenvalue weighted by Crippen LogP contribution is 2.19. The van der Waals surface area contributed by atoms with Crippen LogP contribution in [0, 0.1) is 0 Å². The Morgan fingerprint density at radius 1 is 1.33 bits per heavy atom. The maximum atomic E-state index is 12.1. The second kappa shape index (κ2) is 6.50. The average Bonchev–Trinajstić information content (AvgIpc) is 2.87. The number of nitrogens with zero attached hydrogens (tertiary/aromatic N) is 2. The molecule has 0 fully saturated rings. The van der Waals surface area contributed by atoms with E-state index >= 15 is 0 Å². The molecular formula is C12H12ClN3O3S2. The topological polar surface area (TPSA) is 89.0 Å². The van der Waals surface area contributed by atoms with Crippen LogP contribution in [0.5, 0.6) is 0 Å². The molecule has 2 aromatic rings. The van der Waals surface area contributed by atoms with Crippen LogP contribution in [0.25, 0.3) is 0 Å². The molecule has 1 heterocycles. The third kappa shape index (κ3) is 3.99. The van der Waals surface area contributed by atoms with E-state index in [0.29, 0.717) is 22.7 Å². The smallest absolute Gasteiger partial charge is 0.269 e. The number of aryl methyl sites for hydroxylation is 1. The molecule has 0 radical (unpaired) electrons. The molecule has 0 atom stereocenters. The van der Waals surface area contributed by atoms with Gasteiger partial charge >= 0.3 is 0 Å².